The molecule has 0 saturated heterocycles. The fourth-order valence-electron chi connectivity index (χ4n) is 2.32. The molecule has 2 rings (SSSR count). The lowest BCUT2D eigenvalue weighted by Gasteiger charge is -2.14. The van der Waals surface area contributed by atoms with Crippen LogP contribution in [0.2, 0.25) is 0 Å². The Balaban J connectivity index is 2.06. The number of nitrogens with one attached hydrogen (secondary N) is 1. The molecule has 0 bridgehead atoms. The average Bonchev–Trinajstić information content (AvgIpc) is 2.77. The van der Waals surface area contributed by atoms with Crippen LogP contribution in [-0.2, 0) is 4.79 Å². The highest BCUT2D eigenvalue weighted by molar-refractivity contribution is 8.04. The molecule has 1 unspecified atom stereocenters. The zero-order valence-corrected chi connectivity index (χ0v) is 12.8. The van der Waals surface area contributed by atoms with Crippen LogP contribution < -0.4 is 5.32 Å². The first kappa shape index (κ1) is 14.2. The van der Waals surface area contributed by atoms with Gasteiger partial charge in [-0.3, -0.25) is 4.79 Å². The van der Waals surface area contributed by atoms with E-state index < -0.39 is 0 Å². The SMILES string of the molecule is Cc1ccc(C2CC=C(C(=O)NC(C)C)S2)c(C)c1. The molecule has 1 aliphatic heterocycles. The quantitative estimate of drug-likeness (QED) is 0.906. The second-order valence-electron chi connectivity index (χ2n) is 5.40. The Labute approximate surface area is 119 Å². The van der Waals surface area contributed by atoms with E-state index in [4.69, 9.17) is 0 Å². The van der Waals surface area contributed by atoms with Gasteiger partial charge >= 0.3 is 0 Å². The molecule has 0 fully saturated rings. The molecule has 0 spiro atoms. The van der Waals surface area contributed by atoms with Crippen molar-refractivity contribution in [1.29, 1.82) is 0 Å². The summed E-state index contributed by atoms with van der Waals surface area (Å²) >= 11 is 1.68. The highest BCUT2D eigenvalue weighted by Crippen LogP contribution is 2.44. The minimum atomic E-state index is 0.0623. The number of carbonyl (C=O) groups excluding carboxylic acids is 1. The number of allylic oxidation sites excluding steroid dienone is 1. The van der Waals surface area contributed by atoms with Crippen LogP contribution in [0.5, 0.6) is 0 Å². The molecule has 1 heterocycles. The summed E-state index contributed by atoms with van der Waals surface area (Å²) in [5, 5.41) is 3.34. The van der Waals surface area contributed by atoms with Crippen molar-refractivity contribution in [2.45, 2.75) is 45.4 Å². The maximum Gasteiger partial charge on any atom is 0.257 e. The predicted molar refractivity (Wildman–Crippen MR) is 82.2 cm³/mol. The molecule has 0 aliphatic carbocycles. The topological polar surface area (TPSA) is 29.1 Å². The van der Waals surface area contributed by atoms with Gasteiger partial charge in [-0.25, -0.2) is 0 Å². The Bertz CT molecular complexity index is 519. The molecular weight excluding hydrogens is 254 g/mol. The van der Waals surface area contributed by atoms with Crippen molar-refractivity contribution >= 4 is 17.7 Å². The molecule has 1 aliphatic rings. The van der Waals surface area contributed by atoms with Gasteiger partial charge in [-0.05, 0) is 45.2 Å². The number of hydrogen-bond donors (Lipinski definition) is 1. The van der Waals surface area contributed by atoms with Crippen molar-refractivity contribution in [3.05, 3.63) is 45.9 Å². The highest BCUT2D eigenvalue weighted by Gasteiger charge is 2.25. The van der Waals surface area contributed by atoms with Gasteiger partial charge in [-0.15, -0.1) is 11.8 Å². The van der Waals surface area contributed by atoms with Crippen LogP contribution in [-0.4, -0.2) is 11.9 Å². The highest BCUT2D eigenvalue weighted by atomic mass is 32.2. The standard InChI is InChI=1S/C16H21NOS/c1-10(2)17-16(18)15-8-7-14(19-15)13-6-5-11(3)9-12(13)4/h5-6,8-10,14H,7H2,1-4H3,(H,17,18). The maximum absolute atomic E-state index is 12.0. The predicted octanol–water partition coefficient (Wildman–Crippen LogP) is 3.89. The normalized spacial score (nSPS) is 18.6. The van der Waals surface area contributed by atoms with Gasteiger partial charge < -0.3 is 5.32 Å². The molecule has 1 aromatic carbocycles. The van der Waals surface area contributed by atoms with E-state index in [0.717, 1.165) is 11.3 Å². The third-order valence-electron chi connectivity index (χ3n) is 3.20. The largest absolute Gasteiger partial charge is 0.349 e. The molecule has 0 saturated carbocycles. The number of benzene rings is 1. The van der Waals surface area contributed by atoms with Crippen LogP contribution in [0.1, 0.15) is 42.2 Å². The van der Waals surface area contributed by atoms with Crippen LogP contribution in [0.4, 0.5) is 0 Å². The molecule has 1 N–H and O–H groups in total. The van der Waals surface area contributed by atoms with Crippen LogP contribution in [0, 0.1) is 13.8 Å². The molecule has 3 heteroatoms. The smallest absolute Gasteiger partial charge is 0.257 e. The monoisotopic (exact) mass is 275 g/mol. The lowest BCUT2D eigenvalue weighted by Crippen LogP contribution is -2.30. The van der Waals surface area contributed by atoms with Gasteiger partial charge in [0.1, 0.15) is 0 Å². The third kappa shape index (κ3) is 3.41. The van der Waals surface area contributed by atoms with E-state index in [-0.39, 0.29) is 11.9 Å². The van der Waals surface area contributed by atoms with Gasteiger partial charge in [-0.1, -0.05) is 29.8 Å². The Kier molecular flexibility index (Phi) is 4.35. The Hall–Kier alpha value is -1.22. The molecular formula is C16H21NOS. The fourth-order valence-corrected chi connectivity index (χ4v) is 3.57. The summed E-state index contributed by atoms with van der Waals surface area (Å²) in [5.41, 5.74) is 3.95. The van der Waals surface area contributed by atoms with Gasteiger partial charge in [0.2, 0.25) is 0 Å². The second-order valence-corrected chi connectivity index (χ2v) is 6.64. The summed E-state index contributed by atoms with van der Waals surface area (Å²) in [7, 11) is 0. The zero-order chi connectivity index (χ0) is 14.0. The van der Waals surface area contributed by atoms with Crippen LogP contribution >= 0.6 is 11.8 Å². The van der Waals surface area contributed by atoms with E-state index in [0.29, 0.717) is 5.25 Å². The summed E-state index contributed by atoms with van der Waals surface area (Å²) < 4.78 is 0. The van der Waals surface area contributed by atoms with E-state index in [1.165, 1.54) is 16.7 Å². The van der Waals surface area contributed by atoms with E-state index in [1.807, 2.05) is 13.8 Å². The fraction of sp³-hybridized carbons (Fsp3) is 0.438. The van der Waals surface area contributed by atoms with Gasteiger partial charge in [0.25, 0.3) is 5.91 Å². The molecule has 0 radical (unpaired) electrons. The zero-order valence-electron chi connectivity index (χ0n) is 12.0. The Morgan fingerprint density at radius 1 is 1.37 bits per heavy atom. The lowest BCUT2D eigenvalue weighted by atomic mass is 10.0. The van der Waals surface area contributed by atoms with Gasteiger partial charge in [0, 0.05) is 11.3 Å². The van der Waals surface area contributed by atoms with Gasteiger partial charge in [0.15, 0.2) is 0 Å². The minimum Gasteiger partial charge on any atom is -0.349 e. The van der Waals surface area contributed by atoms with Crippen molar-refractivity contribution in [2.24, 2.45) is 0 Å². The molecule has 1 atom stereocenters. The van der Waals surface area contributed by atoms with E-state index in [9.17, 15) is 4.79 Å². The summed E-state index contributed by atoms with van der Waals surface area (Å²) in [6, 6.07) is 6.74. The second kappa shape index (κ2) is 5.83. The first-order chi connectivity index (χ1) is 8.97. The van der Waals surface area contributed by atoms with Crippen LogP contribution in [0.3, 0.4) is 0 Å². The van der Waals surface area contributed by atoms with Crippen molar-refractivity contribution in [3.63, 3.8) is 0 Å². The van der Waals surface area contributed by atoms with E-state index in [2.05, 4.69) is 43.4 Å². The molecule has 19 heavy (non-hydrogen) atoms. The summed E-state index contributed by atoms with van der Waals surface area (Å²) in [6.45, 7) is 8.23. The third-order valence-corrected chi connectivity index (χ3v) is 4.54. The van der Waals surface area contributed by atoms with Crippen molar-refractivity contribution in [2.75, 3.05) is 0 Å². The van der Waals surface area contributed by atoms with Crippen LogP contribution in [0.25, 0.3) is 0 Å². The first-order valence-corrected chi connectivity index (χ1v) is 7.60. The van der Waals surface area contributed by atoms with Crippen LogP contribution in [0.15, 0.2) is 29.2 Å². The van der Waals surface area contributed by atoms with E-state index in [1.54, 1.807) is 11.8 Å². The number of aryl methyl sites for hydroxylation is 2. The number of amides is 1. The molecule has 0 aromatic heterocycles. The molecule has 102 valence electrons. The Morgan fingerprint density at radius 3 is 2.74 bits per heavy atom. The van der Waals surface area contributed by atoms with Gasteiger partial charge in [-0.2, -0.15) is 0 Å². The number of rotatable bonds is 3. The lowest BCUT2D eigenvalue weighted by molar-refractivity contribution is -0.117. The minimum absolute atomic E-state index is 0.0623. The maximum atomic E-state index is 12.0. The van der Waals surface area contributed by atoms with E-state index >= 15 is 0 Å². The van der Waals surface area contributed by atoms with Crippen molar-refractivity contribution < 1.29 is 4.79 Å². The summed E-state index contributed by atoms with van der Waals surface area (Å²) in [6.07, 6.45) is 3.00. The molecule has 2 nitrogen and oxygen atoms in total. The van der Waals surface area contributed by atoms with Crippen molar-refractivity contribution in [3.8, 4) is 0 Å². The Morgan fingerprint density at radius 2 is 2.11 bits per heavy atom. The number of carbonyl (C=O) groups is 1. The first-order valence-electron chi connectivity index (χ1n) is 6.72. The molecule has 1 aromatic rings. The molecule has 1 amide bonds. The summed E-state index contributed by atoms with van der Waals surface area (Å²) in [5.74, 6) is 0.0623. The summed E-state index contributed by atoms with van der Waals surface area (Å²) in [4.78, 5) is 12.8. The van der Waals surface area contributed by atoms with Crippen molar-refractivity contribution in [1.82, 2.24) is 5.32 Å². The number of hydrogen-bond acceptors (Lipinski definition) is 2. The average molecular weight is 275 g/mol. The van der Waals surface area contributed by atoms with Gasteiger partial charge in [0.05, 0.1) is 4.91 Å². The number of thioether (sulfide) groups is 1.